The van der Waals surface area contributed by atoms with Gasteiger partial charge in [-0.2, -0.15) is 4.39 Å². The lowest BCUT2D eigenvalue weighted by molar-refractivity contribution is -0.387. The second-order valence-corrected chi connectivity index (χ2v) is 4.39. The summed E-state index contributed by atoms with van der Waals surface area (Å²) < 4.78 is 19.0. The van der Waals surface area contributed by atoms with Crippen LogP contribution in [0.4, 0.5) is 10.1 Å². The van der Waals surface area contributed by atoms with Crippen molar-refractivity contribution in [2.45, 2.75) is 6.92 Å². The van der Waals surface area contributed by atoms with E-state index in [2.05, 4.69) is 0 Å². The number of nitrogens with zero attached hydrogens (tertiary/aromatic N) is 1. The standard InChI is InChI=1S/C14H12FN3O3/c1-8-2-4-10(14(16)17)13(6-8)21-9-3-5-12(18(19)20)11(15)7-9/h2-7H,1H3,(H3,16,17). The van der Waals surface area contributed by atoms with Crippen LogP contribution in [0, 0.1) is 28.3 Å². The zero-order chi connectivity index (χ0) is 15.6. The Morgan fingerprint density at radius 1 is 1.33 bits per heavy atom. The molecule has 7 heteroatoms. The summed E-state index contributed by atoms with van der Waals surface area (Å²) in [6.07, 6.45) is 0. The number of aryl methyl sites for hydroxylation is 1. The molecule has 0 saturated heterocycles. The fourth-order valence-electron chi connectivity index (χ4n) is 1.76. The molecule has 108 valence electrons. The molecule has 2 rings (SSSR count). The molecule has 0 heterocycles. The highest BCUT2D eigenvalue weighted by molar-refractivity contribution is 5.97. The molecule has 0 saturated carbocycles. The summed E-state index contributed by atoms with van der Waals surface area (Å²) >= 11 is 0. The van der Waals surface area contributed by atoms with Gasteiger partial charge in [-0.1, -0.05) is 6.07 Å². The molecule has 2 aromatic rings. The van der Waals surface area contributed by atoms with Crippen molar-refractivity contribution in [2.24, 2.45) is 5.73 Å². The van der Waals surface area contributed by atoms with Crippen molar-refractivity contribution in [1.82, 2.24) is 0 Å². The first-order chi connectivity index (χ1) is 9.88. The third-order valence-corrected chi connectivity index (χ3v) is 2.77. The molecular weight excluding hydrogens is 277 g/mol. The molecule has 21 heavy (non-hydrogen) atoms. The predicted octanol–water partition coefficient (Wildman–Crippen LogP) is 3.12. The highest BCUT2D eigenvalue weighted by Crippen LogP contribution is 2.29. The SMILES string of the molecule is Cc1ccc(C(=N)N)c(Oc2ccc([N+](=O)[O-])c(F)c2)c1. The number of nitrogens with one attached hydrogen (secondary N) is 1. The van der Waals surface area contributed by atoms with Gasteiger partial charge < -0.3 is 10.5 Å². The second-order valence-electron chi connectivity index (χ2n) is 4.39. The molecule has 0 aromatic heterocycles. The van der Waals surface area contributed by atoms with Crippen LogP contribution in [0.25, 0.3) is 0 Å². The number of nitrogen functional groups attached to an aromatic ring is 1. The predicted molar refractivity (Wildman–Crippen MR) is 75.3 cm³/mol. The zero-order valence-electron chi connectivity index (χ0n) is 11.1. The number of rotatable bonds is 4. The number of hydrogen-bond acceptors (Lipinski definition) is 4. The third-order valence-electron chi connectivity index (χ3n) is 2.77. The molecule has 2 aromatic carbocycles. The monoisotopic (exact) mass is 289 g/mol. The van der Waals surface area contributed by atoms with E-state index in [0.29, 0.717) is 5.56 Å². The summed E-state index contributed by atoms with van der Waals surface area (Å²) in [5, 5.41) is 18.0. The van der Waals surface area contributed by atoms with Gasteiger partial charge in [0.2, 0.25) is 5.82 Å². The van der Waals surface area contributed by atoms with Gasteiger partial charge >= 0.3 is 5.69 Å². The van der Waals surface area contributed by atoms with Crippen LogP contribution < -0.4 is 10.5 Å². The van der Waals surface area contributed by atoms with Crippen LogP contribution in [0.3, 0.4) is 0 Å². The van der Waals surface area contributed by atoms with Gasteiger partial charge in [0.25, 0.3) is 0 Å². The first-order valence-corrected chi connectivity index (χ1v) is 5.95. The molecule has 0 aliphatic rings. The molecule has 0 spiro atoms. The first-order valence-electron chi connectivity index (χ1n) is 5.95. The summed E-state index contributed by atoms with van der Waals surface area (Å²) in [5.41, 5.74) is 6.06. The maximum atomic E-state index is 13.6. The average molecular weight is 289 g/mol. The van der Waals surface area contributed by atoms with E-state index >= 15 is 0 Å². The topological polar surface area (TPSA) is 102 Å². The molecule has 0 atom stereocenters. The number of halogens is 1. The summed E-state index contributed by atoms with van der Waals surface area (Å²) in [5.74, 6) is -0.802. The van der Waals surface area contributed by atoms with Crippen molar-refractivity contribution in [3.63, 3.8) is 0 Å². The van der Waals surface area contributed by atoms with E-state index in [9.17, 15) is 14.5 Å². The minimum absolute atomic E-state index is 0.0891. The summed E-state index contributed by atoms with van der Waals surface area (Å²) in [4.78, 5) is 9.75. The van der Waals surface area contributed by atoms with Crippen molar-refractivity contribution in [3.05, 3.63) is 63.5 Å². The van der Waals surface area contributed by atoms with Crippen molar-refractivity contribution in [1.29, 1.82) is 5.41 Å². The van der Waals surface area contributed by atoms with Gasteiger partial charge in [-0.15, -0.1) is 0 Å². The van der Waals surface area contributed by atoms with E-state index < -0.39 is 16.4 Å². The van der Waals surface area contributed by atoms with Crippen LogP contribution in [-0.4, -0.2) is 10.8 Å². The minimum atomic E-state index is -0.991. The highest BCUT2D eigenvalue weighted by atomic mass is 19.1. The van der Waals surface area contributed by atoms with Gasteiger partial charge in [-0.3, -0.25) is 15.5 Å². The minimum Gasteiger partial charge on any atom is -0.456 e. The number of benzene rings is 2. The van der Waals surface area contributed by atoms with Gasteiger partial charge in [-0.05, 0) is 30.7 Å². The van der Waals surface area contributed by atoms with E-state index in [1.165, 1.54) is 6.07 Å². The van der Waals surface area contributed by atoms with Crippen LogP contribution in [0.15, 0.2) is 36.4 Å². The van der Waals surface area contributed by atoms with Gasteiger partial charge in [0.15, 0.2) is 0 Å². The molecule has 3 N–H and O–H groups in total. The lowest BCUT2D eigenvalue weighted by Crippen LogP contribution is -2.12. The number of amidine groups is 1. The van der Waals surface area contributed by atoms with Gasteiger partial charge in [0.05, 0.1) is 10.5 Å². The smallest absolute Gasteiger partial charge is 0.305 e. The van der Waals surface area contributed by atoms with E-state index in [1.54, 1.807) is 18.2 Å². The number of hydrogen-bond donors (Lipinski definition) is 2. The molecular formula is C14H12FN3O3. The van der Waals surface area contributed by atoms with E-state index in [1.807, 2.05) is 6.92 Å². The summed E-state index contributed by atoms with van der Waals surface area (Å²) in [6, 6.07) is 8.26. The van der Waals surface area contributed by atoms with Crippen molar-refractivity contribution in [2.75, 3.05) is 0 Å². The maximum absolute atomic E-state index is 13.6. The number of nitrogens with two attached hydrogens (primary N) is 1. The van der Waals surface area contributed by atoms with Gasteiger partial charge in [0, 0.05) is 12.1 Å². The molecule has 0 bridgehead atoms. The largest absolute Gasteiger partial charge is 0.456 e. The summed E-state index contributed by atoms with van der Waals surface area (Å²) in [7, 11) is 0. The molecule has 6 nitrogen and oxygen atoms in total. The summed E-state index contributed by atoms with van der Waals surface area (Å²) in [6.45, 7) is 1.83. The highest BCUT2D eigenvalue weighted by Gasteiger charge is 2.15. The molecule has 0 aliphatic carbocycles. The van der Waals surface area contributed by atoms with Crippen molar-refractivity contribution < 1.29 is 14.1 Å². The fraction of sp³-hybridized carbons (Fsp3) is 0.0714. The first kappa shape index (κ1) is 14.4. The van der Waals surface area contributed by atoms with Gasteiger partial charge in [0.1, 0.15) is 17.3 Å². The number of nitro groups is 1. The Morgan fingerprint density at radius 3 is 2.62 bits per heavy atom. The molecule has 0 amide bonds. The Labute approximate surface area is 119 Å². The van der Waals surface area contributed by atoms with Crippen LogP contribution in [-0.2, 0) is 0 Å². The maximum Gasteiger partial charge on any atom is 0.305 e. The lowest BCUT2D eigenvalue weighted by atomic mass is 10.1. The van der Waals surface area contributed by atoms with Crippen LogP contribution in [0.2, 0.25) is 0 Å². The molecule has 0 fully saturated rings. The van der Waals surface area contributed by atoms with E-state index in [0.717, 1.165) is 17.7 Å². The van der Waals surface area contributed by atoms with Gasteiger partial charge in [-0.25, -0.2) is 0 Å². The van der Waals surface area contributed by atoms with Crippen molar-refractivity contribution >= 4 is 11.5 Å². The quantitative estimate of drug-likeness (QED) is 0.390. The Morgan fingerprint density at radius 2 is 2.05 bits per heavy atom. The van der Waals surface area contributed by atoms with Crippen LogP contribution >= 0.6 is 0 Å². The Balaban J connectivity index is 2.38. The third kappa shape index (κ3) is 3.14. The molecule has 0 aliphatic heterocycles. The Kier molecular flexibility index (Phi) is 3.84. The molecule has 0 radical (unpaired) electrons. The normalized spacial score (nSPS) is 10.2. The Hall–Kier alpha value is -2.96. The molecule has 0 unspecified atom stereocenters. The van der Waals surface area contributed by atoms with E-state index in [4.69, 9.17) is 15.9 Å². The van der Waals surface area contributed by atoms with E-state index in [-0.39, 0.29) is 17.3 Å². The van der Waals surface area contributed by atoms with Crippen LogP contribution in [0.5, 0.6) is 11.5 Å². The second kappa shape index (κ2) is 5.58. The van der Waals surface area contributed by atoms with Crippen LogP contribution in [0.1, 0.15) is 11.1 Å². The lowest BCUT2D eigenvalue weighted by Gasteiger charge is -2.11. The van der Waals surface area contributed by atoms with Crippen molar-refractivity contribution in [3.8, 4) is 11.5 Å². The fourth-order valence-corrected chi connectivity index (χ4v) is 1.76. The number of ether oxygens (including phenoxy) is 1. The average Bonchev–Trinajstić information content (AvgIpc) is 2.37. The number of nitro benzene ring substituents is 1. The Bertz CT molecular complexity index is 731. The zero-order valence-corrected chi connectivity index (χ0v) is 11.1.